The van der Waals surface area contributed by atoms with Gasteiger partial charge in [-0.3, -0.25) is 9.69 Å². The molecule has 5 atom stereocenters. The number of ketones is 1. The van der Waals surface area contributed by atoms with E-state index in [1.807, 2.05) is 0 Å². The van der Waals surface area contributed by atoms with Crippen molar-refractivity contribution in [3.63, 3.8) is 0 Å². The maximum atomic E-state index is 13.8. The highest BCUT2D eigenvalue weighted by Crippen LogP contribution is 2.34. The zero-order chi connectivity index (χ0) is 42.6. The quantitative estimate of drug-likeness (QED) is 0.223. The second kappa shape index (κ2) is 22.8. The van der Waals surface area contributed by atoms with Crippen LogP contribution in [0.1, 0.15) is 133 Å². The van der Waals surface area contributed by atoms with E-state index in [4.69, 9.17) is 33.5 Å². The number of ether oxygens (including phenoxy) is 6. The molecular formula is C44H66F2N2O11. The Morgan fingerprint density at radius 3 is 1.68 bits per heavy atom. The molecule has 0 radical (unpaired) electrons. The monoisotopic (exact) mass is 836 g/mol. The van der Waals surface area contributed by atoms with E-state index < -0.39 is 53.2 Å². The third-order valence-corrected chi connectivity index (χ3v) is 9.89. The number of hydrogen-bond donors (Lipinski definition) is 2. The van der Waals surface area contributed by atoms with Gasteiger partial charge in [-0.25, -0.2) is 18.4 Å². The molecule has 4 aliphatic rings. The summed E-state index contributed by atoms with van der Waals surface area (Å²) in [6, 6.07) is 7.29. The molecular weight excluding hydrogens is 770 g/mol. The van der Waals surface area contributed by atoms with E-state index in [1.165, 1.54) is 40.1 Å². The Labute approximate surface area is 348 Å². The van der Waals surface area contributed by atoms with Crippen LogP contribution in [0.25, 0.3) is 0 Å². The highest BCUT2D eigenvalue weighted by Gasteiger charge is 2.42. The Morgan fingerprint density at radius 2 is 1.22 bits per heavy atom. The van der Waals surface area contributed by atoms with Crippen molar-refractivity contribution in [1.29, 1.82) is 0 Å². The number of halogens is 2. The molecule has 0 aliphatic carbocycles. The summed E-state index contributed by atoms with van der Waals surface area (Å²) in [5, 5.41) is 17.9. The lowest BCUT2D eigenvalue weighted by atomic mass is 9.90. The molecule has 6 rings (SSSR count). The van der Waals surface area contributed by atoms with Gasteiger partial charge < -0.3 is 43.5 Å². The van der Waals surface area contributed by atoms with Crippen molar-refractivity contribution >= 4 is 18.0 Å². The lowest BCUT2D eigenvalue weighted by Crippen LogP contribution is -2.56. The van der Waals surface area contributed by atoms with Gasteiger partial charge in [-0.2, -0.15) is 0 Å². The van der Waals surface area contributed by atoms with Crippen LogP contribution in [0.15, 0.2) is 36.4 Å². The van der Waals surface area contributed by atoms with Crippen LogP contribution in [0.2, 0.25) is 0 Å². The number of Topliss-reactive ketones (excluding diaryl/α,β-unsaturated/α-hetero) is 1. The maximum absolute atomic E-state index is 13.8. The number of rotatable bonds is 10. The van der Waals surface area contributed by atoms with E-state index in [2.05, 4.69) is 0 Å². The number of benzene rings is 2. The summed E-state index contributed by atoms with van der Waals surface area (Å²) >= 11 is 0. The smallest absolute Gasteiger partial charge is 0.410 e. The normalized spacial score (nSPS) is 22.1. The van der Waals surface area contributed by atoms with Crippen LogP contribution in [0.4, 0.5) is 18.4 Å². The lowest BCUT2D eigenvalue weighted by molar-refractivity contribution is -0.169. The number of carbonyl (C=O) groups excluding carboxylic acids is 3. The fourth-order valence-corrected chi connectivity index (χ4v) is 6.83. The van der Waals surface area contributed by atoms with Gasteiger partial charge >= 0.3 is 12.2 Å². The van der Waals surface area contributed by atoms with Gasteiger partial charge in [0.1, 0.15) is 28.9 Å². The van der Waals surface area contributed by atoms with Crippen molar-refractivity contribution in [1.82, 2.24) is 9.80 Å². The molecule has 2 aromatic carbocycles. The Balaban J connectivity index is 0.000000298. The van der Waals surface area contributed by atoms with E-state index in [0.29, 0.717) is 61.4 Å². The Hall–Kier alpha value is -3.73. The van der Waals surface area contributed by atoms with Crippen molar-refractivity contribution in [2.45, 2.75) is 156 Å². The van der Waals surface area contributed by atoms with Gasteiger partial charge in [0.25, 0.3) is 0 Å². The minimum Gasteiger partial charge on any atom is -0.444 e. The first-order chi connectivity index (χ1) is 27.5. The summed E-state index contributed by atoms with van der Waals surface area (Å²) < 4.78 is 61.0. The van der Waals surface area contributed by atoms with E-state index in [1.54, 1.807) is 47.6 Å². The molecule has 2 aromatic rings. The molecule has 4 saturated heterocycles. The van der Waals surface area contributed by atoms with Gasteiger partial charge in [0, 0.05) is 39.0 Å². The largest absolute Gasteiger partial charge is 0.444 e. The Bertz CT molecular complexity index is 1650. The van der Waals surface area contributed by atoms with Crippen molar-refractivity contribution in [3.8, 4) is 0 Å². The molecule has 13 nitrogen and oxygen atoms in total. The van der Waals surface area contributed by atoms with Gasteiger partial charge in [-0.1, -0.05) is 13.5 Å². The average Bonchev–Trinajstić information content (AvgIpc) is 3.12. The van der Waals surface area contributed by atoms with Crippen LogP contribution in [-0.2, 0) is 41.6 Å². The molecule has 0 saturated carbocycles. The molecule has 2 amide bonds. The SMILES string of the molecule is C.CC(C)(C)OC(=O)N1CC[C@H]1C(=O)c1ccc(F)cc1COC1CCCCO1.CC(C)(C)OC(=O)N1CC[C@H]1C(O)c1ccc(F)cc1COC1CCCCO1.CO. The molecule has 4 heterocycles. The van der Waals surface area contributed by atoms with Gasteiger partial charge in [-0.15, -0.1) is 0 Å². The van der Waals surface area contributed by atoms with Gasteiger partial charge in [0.15, 0.2) is 18.4 Å². The van der Waals surface area contributed by atoms with Crippen molar-refractivity contribution in [2.24, 2.45) is 0 Å². The zero-order valence-corrected chi connectivity index (χ0v) is 35.0. The number of nitrogens with zero attached hydrogens (tertiary/aromatic N) is 2. The van der Waals surface area contributed by atoms with E-state index in [9.17, 15) is 28.3 Å². The van der Waals surface area contributed by atoms with E-state index >= 15 is 0 Å². The molecule has 4 fully saturated rings. The predicted octanol–water partition coefficient (Wildman–Crippen LogP) is 8.22. The van der Waals surface area contributed by atoms with Crippen molar-refractivity contribution in [3.05, 3.63) is 70.3 Å². The molecule has 332 valence electrons. The fraction of sp³-hybridized carbons (Fsp3) is 0.659. The van der Waals surface area contributed by atoms with Crippen LogP contribution < -0.4 is 0 Å². The third kappa shape index (κ3) is 14.7. The van der Waals surface area contributed by atoms with E-state index in [0.717, 1.165) is 45.6 Å². The highest BCUT2D eigenvalue weighted by molar-refractivity contribution is 6.03. The molecule has 0 aromatic heterocycles. The minimum absolute atomic E-state index is 0. The number of amides is 2. The predicted molar refractivity (Wildman–Crippen MR) is 216 cm³/mol. The maximum Gasteiger partial charge on any atom is 0.410 e. The second-order valence-corrected chi connectivity index (χ2v) is 16.7. The molecule has 0 bridgehead atoms. The number of carbonyl (C=O) groups is 3. The van der Waals surface area contributed by atoms with Crippen LogP contribution in [0, 0.1) is 11.6 Å². The standard InChI is InChI=1S/C21H30FNO5.C21H28FNO5.CH4O.CH4/c2*1-21(2,3)28-20(25)23-10-9-17(23)19(24)16-8-7-15(22)12-14(16)13-27-18-6-4-5-11-26-18;1-2;/h7-8,12,17-19,24H,4-6,9-11,13H2,1-3H3;7-8,12,17-18H,4-6,9-11,13H2,1-3H3;2H,1H3;1H4/t17-,18?,19?;17-,18?;;/m00../s1. The van der Waals surface area contributed by atoms with Crippen molar-refractivity contribution in [2.75, 3.05) is 33.4 Å². The molecule has 2 N–H and O–H groups in total. The molecule has 4 aliphatic heterocycles. The first-order valence-corrected chi connectivity index (χ1v) is 20.2. The average molecular weight is 837 g/mol. The zero-order valence-electron chi connectivity index (χ0n) is 35.0. The second-order valence-electron chi connectivity index (χ2n) is 16.7. The number of aliphatic hydroxyl groups excluding tert-OH is 2. The molecule has 0 spiro atoms. The van der Waals surface area contributed by atoms with Crippen molar-refractivity contribution < 1.29 is 61.8 Å². The van der Waals surface area contributed by atoms with Gasteiger partial charge in [0.05, 0.1) is 25.4 Å². The number of likely N-dealkylation sites (tertiary alicyclic amines) is 2. The summed E-state index contributed by atoms with van der Waals surface area (Å²) in [6.45, 7) is 13.3. The first-order valence-electron chi connectivity index (χ1n) is 20.2. The molecule has 59 heavy (non-hydrogen) atoms. The highest BCUT2D eigenvalue weighted by atomic mass is 19.1. The number of aliphatic hydroxyl groups is 2. The third-order valence-electron chi connectivity index (χ3n) is 9.89. The Morgan fingerprint density at radius 1 is 0.729 bits per heavy atom. The summed E-state index contributed by atoms with van der Waals surface area (Å²) in [5.41, 5.74) is 0.741. The van der Waals surface area contributed by atoms with Crippen LogP contribution in [0.3, 0.4) is 0 Å². The summed E-state index contributed by atoms with van der Waals surface area (Å²) in [5.74, 6) is -1.05. The van der Waals surface area contributed by atoms with Crippen LogP contribution in [-0.4, -0.2) is 107 Å². The van der Waals surface area contributed by atoms with Gasteiger partial charge in [-0.05, 0) is 140 Å². The lowest BCUT2D eigenvalue weighted by Gasteiger charge is -2.44. The fourth-order valence-electron chi connectivity index (χ4n) is 6.83. The van der Waals surface area contributed by atoms with Crippen LogP contribution >= 0.6 is 0 Å². The summed E-state index contributed by atoms with van der Waals surface area (Å²) in [7, 11) is 1.00. The molecule has 3 unspecified atom stereocenters. The summed E-state index contributed by atoms with van der Waals surface area (Å²) in [4.78, 5) is 40.6. The number of hydrogen-bond acceptors (Lipinski definition) is 11. The van der Waals surface area contributed by atoms with Gasteiger partial charge in [0.2, 0.25) is 0 Å². The summed E-state index contributed by atoms with van der Waals surface area (Å²) in [6.07, 6.45) is 4.37. The molecule has 15 heteroatoms. The Kier molecular flexibility index (Phi) is 19.1. The topological polar surface area (TPSA) is 154 Å². The minimum atomic E-state index is -0.937. The van der Waals surface area contributed by atoms with Crippen LogP contribution in [0.5, 0.6) is 0 Å². The first kappa shape index (κ1) is 49.6. The van der Waals surface area contributed by atoms with E-state index in [-0.39, 0.29) is 39.0 Å².